The fraction of sp³-hybridized carbons (Fsp3) is 0.333. The molecule has 1 unspecified atom stereocenters. The lowest BCUT2D eigenvalue weighted by molar-refractivity contribution is -0.120. The molecule has 4 heteroatoms. The van der Waals surface area contributed by atoms with Crippen molar-refractivity contribution in [2.45, 2.75) is 38.6 Å². The third kappa shape index (κ3) is 2.87. The van der Waals surface area contributed by atoms with Crippen LogP contribution >= 0.6 is 0 Å². The molecule has 1 aliphatic heterocycles. The van der Waals surface area contributed by atoms with Crippen molar-refractivity contribution in [3.05, 3.63) is 53.6 Å². The summed E-state index contributed by atoms with van der Waals surface area (Å²) >= 11 is 0. The van der Waals surface area contributed by atoms with Crippen LogP contribution in [0.15, 0.2) is 42.5 Å². The highest BCUT2D eigenvalue weighted by molar-refractivity contribution is 5.98. The van der Waals surface area contributed by atoms with Crippen molar-refractivity contribution in [2.24, 2.45) is 5.92 Å². The van der Waals surface area contributed by atoms with Crippen LogP contribution in [0.3, 0.4) is 0 Å². The van der Waals surface area contributed by atoms with Gasteiger partial charge in [0, 0.05) is 17.5 Å². The highest BCUT2D eigenvalue weighted by Gasteiger charge is 2.39. The Kier molecular flexibility index (Phi) is 3.93. The predicted molar refractivity (Wildman–Crippen MR) is 95.7 cm³/mol. The molecule has 0 bridgehead atoms. The number of carbonyl (C=O) groups is 1. The van der Waals surface area contributed by atoms with Gasteiger partial charge in [0.15, 0.2) is 0 Å². The van der Waals surface area contributed by atoms with Crippen LogP contribution in [0.4, 0.5) is 5.69 Å². The third-order valence-electron chi connectivity index (χ3n) is 5.00. The Morgan fingerprint density at radius 2 is 1.92 bits per heavy atom. The number of carbonyl (C=O) groups excluding carboxylic acids is 1. The lowest BCUT2D eigenvalue weighted by Gasteiger charge is -2.36. The minimum atomic E-state index is 0.169. The summed E-state index contributed by atoms with van der Waals surface area (Å²) in [5, 5.41) is 9.51. The maximum absolute atomic E-state index is 12.8. The summed E-state index contributed by atoms with van der Waals surface area (Å²) in [6, 6.07) is 15.6. The minimum Gasteiger partial charge on any atom is -0.456 e. The maximum Gasteiger partial charge on any atom is 0.230 e. The molecule has 2 aromatic rings. The molecule has 2 aromatic carbocycles. The summed E-state index contributed by atoms with van der Waals surface area (Å²) in [6.07, 6.45) is 3.66. The van der Waals surface area contributed by atoms with Crippen molar-refractivity contribution in [3.63, 3.8) is 0 Å². The average molecular weight is 332 g/mol. The summed E-state index contributed by atoms with van der Waals surface area (Å²) in [5.74, 6) is 1.67. The monoisotopic (exact) mass is 332 g/mol. The smallest absolute Gasteiger partial charge is 0.230 e. The molecule has 1 heterocycles. The van der Waals surface area contributed by atoms with E-state index in [-0.39, 0.29) is 17.9 Å². The van der Waals surface area contributed by atoms with Crippen molar-refractivity contribution in [3.8, 4) is 17.6 Å². The van der Waals surface area contributed by atoms with Crippen LogP contribution in [0.5, 0.6) is 11.5 Å². The number of fused-ring (bicyclic) bond motifs is 1. The van der Waals surface area contributed by atoms with E-state index < -0.39 is 0 Å². The first-order valence-electron chi connectivity index (χ1n) is 8.81. The van der Waals surface area contributed by atoms with E-state index in [1.165, 1.54) is 0 Å². The van der Waals surface area contributed by atoms with Crippen molar-refractivity contribution in [1.82, 2.24) is 0 Å². The number of rotatable bonds is 3. The van der Waals surface area contributed by atoms with Crippen LogP contribution in [0.25, 0.3) is 0 Å². The number of nitriles is 1. The van der Waals surface area contributed by atoms with E-state index in [0.717, 1.165) is 36.9 Å². The second-order valence-corrected chi connectivity index (χ2v) is 6.84. The molecule has 0 N–H and O–H groups in total. The molecule has 1 fully saturated rings. The van der Waals surface area contributed by atoms with Crippen LogP contribution in [-0.4, -0.2) is 11.9 Å². The molecule has 126 valence electrons. The van der Waals surface area contributed by atoms with Gasteiger partial charge in [-0.05, 0) is 56.9 Å². The zero-order valence-corrected chi connectivity index (χ0v) is 14.2. The number of ether oxygens (including phenoxy) is 1. The zero-order chi connectivity index (χ0) is 17.4. The molecule has 1 aliphatic carbocycles. The van der Waals surface area contributed by atoms with Gasteiger partial charge in [-0.1, -0.05) is 18.2 Å². The van der Waals surface area contributed by atoms with Crippen LogP contribution in [0, 0.1) is 17.2 Å². The Hall–Kier alpha value is -2.80. The van der Waals surface area contributed by atoms with Gasteiger partial charge in [0.25, 0.3) is 0 Å². The Balaban J connectivity index is 1.79. The summed E-state index contributed by atoms with van der Waals surface area (Å²) in [6.45, 7) is 2.10. The van der Waals surface area contributed by atoms with E-state index in [1.807, 2.05) is 41.3 Å². The molecule has 0 aromatic heterocycles. The Labute approximate surface area is 147 Å². The molecule has 25 heavy (non-hydrogen) atoms. The fourth-order valence-corrected chi connectivity index (χ4v) is 3.48. The lowest BCUT2D eigenvalue weighted by atomic mass is 9.93. The minimum absolute atomic E-state index is 0.169. The van der Waals surface area contributed by atoms with Crippen molar-refractivity contribution >= 4 is 11.6 Å². The van der Waals surface area contributed by atoms with E-state index in [9.17, 15) is 10.1 Å². The van der Waals surface area contributed by atoms with Gasteiger partial charge in [-0.2, -0.15) is 5.26 Å². The second-order valence-electron chi connectivity index (χ2n) is 6.84. The number of hydrogen-bond donors (Lipinski definition) is 0. The van der Waals surface area contributed by atoms with E-state index in [1.54, 1.807) is 6.07 Å². The topological polar surface area (TPSA) is 53.3 Å². The molecule has 0 spiro atoms. The van der Waals surface area contributed by atoms with Gasteiger partial charge in [0.1, 0.15) is 17.6 Å². The lowest BCUT2D eigenvalue weighted by Crippen LogP contribution is -2.43. The molecule has 1 amide bonds. The van der Waals surface area contributed by atoms with Crippen molar-refractivity contribution in [2.75, 3.05) is 4.90 Å². The average Bonchev–Trinajstić information content (AvgIpc) is 3.47. The number of nitrogens with zero attached hydrogens (tertiary/aromatic N) is 2. The molecule has 0 radical (unpaired) electrons. The van der Waals surface area contributed by atoms with Gasteiger partial charge in [-0.25, -0.2) is 0 Å². The second kappa shape index (κ2) is 6.25. The molecular weight excluding hydrogens is 312 g/mol. The standard InChI is InChI=1S/C21H20N2O2/c1-14-7-11-18-19(23(14)21(24)15-8-9-15)12-10-16(13-22)20(18)25-17-5-3-2-4-6-17/h2-6,10,12,14-15H,7-9,11H2,1H3. The fourth-order valence-electron chi connectivity index (χ4n) is 3.48. The molecule has 0 saturated heterocycles. The normalized spacial score (nSPS) is 19.0. The quantitative estimate of drug-likeness (QED) is 0.835. The highest BCUT2D eigenvalue weighted by Crippen LogP contribution is 2.43. The van der Waals surface area contributed by atoms with Crippen LogP contribution < -0.4 is 9.64 Å². The molecule has 1 saturated carbocycles. The van der Waals surface area contributed by atoms with Gasteiger partial charge in [0.2, 0.25) is 5.91 Å². The van der Waals surface area contributed by atoms with Gasteiger partial charge >= 0.3 is 0 Å². The van der Waals surface area contributed by atoms with E-state index in [2.05, 4.69) is 13.0 Å². The maximum atomic E-state index is 12.8. The first-order valence-corrected chi connectivity index (χ1v) is 8.81. The summed E-state index contributed by atoms with van der Waals surface area (Å²) in [7, 11) is 0. The van der Waals surface area contributed by atoms with Crippen LogP contribution in [0.2, 0.25) is 0 Å². The number of amides is 1. The van der Waals surface area contributed by atoms with Crippen LogP contribution in [-0.2, 0) is 11.2 Å². The van der Waals surface area contributed by atoms with Gasteiger partial charge < -0.3 is 9.64 Å². The van der Waals surface area contributed by atoms with Gasteiger partial charge in [-0.3, -0.25) is 4.79 Å². The highest BCUT2D eigenvalue weighted by atomic mass is 16.5. The van der Waals surface area contributed by atoms with Gasteiger partial charge in [0.05, 0.1) is 11.3 Å². The van der Waals surface area contributed by atoms with Gasteiger partial charge in [-0.15, -0.1) is 0 Å². The predicted octanol–water partition coefficient (Wildman–Crippen LogP) is 4.43. The molecular formula is C21H20N2O2. The largest absolute Gasteiger partial charge is 0.456 e. The molecule has 1 atom stereocenters. The summed E-state index contributed by atoms with van der Waals surface area (Å²) < 4.78 is 6.08. The number of para-hydroxylation sites is 1. The Morgan fingerprint density at radius 3 is 2.60 bits per heavy atom. The van der Waals surface area contributed by atoms with Crippen molar-refractivity contribution in [1.29, 1.82) is 5.26 Å². The molecule has 4 rings (SSSR count). The third-order valence-corrected chi connectivity index (χ3v) is 5.00. The number of anilines is 1. The van der Waals surface area contributed by atoms with E-state index >= 15 is 0 Å². The summed E-state index contributed by atoms with van der Waals surface area (Å²) in [5.41, 5.74) is 2.38. The first-order chi connectivity index (χ1) is 12.2. The Bertz CT molecular complexity index is 850. The van der Waals surface area contributed by atoms with E-state index in [4.69, 9.17) is 4.74 Å². The number of benzene rings is 2. The number of hydrogen-bond acceptors (Lipinski definition) is 3. The molecule has 2 aliphatic rings. The SMILES string of the molecule is CC1CCc2c(ccc(C#N)c2Oc2ccccc2)N1C(=O)C1CC1. The zero-order valence-electron chi connectivity index (χ0n) is 14.2. The van der Waals surface area contributed by atoms with Crippen molar-refractivity contribution < 1.29 is 9.53 Å². The summed E-state index contributed by atoms with van der Waals surface area (Å²) in [4.78, 5) is 14.7. The first kappa shape index (κ1) is 15.7. The van der Waals surface area contributed by atoms with E-state index in [0.29, 0.717) is 17.1 Å². The van der Waals surface area contributed by atoms with Crippen LogP contribution in [0.1, 0.15) is 37.3 Å². The Morgan fingerprint density at radius 1 is 1.16 bits per heavy atom. The molecule has 4 nitrogen and oxygen atoms in total.